The summed E-state index contributed by atoms with van der Waals surface area (Å²) < 4.78 is 13.8. The fourth-order valence-electron chi connectivity index (χ4n) is 2.01. The van der Waals surface area contributed by atoms with E-state index < -0.39 is 17.7 Å². The van der Waals surface area contributed by atoms with Gasteiger partial charge in [0.1, 0.15) is 5.82 Å². The Hall–Kier alpha value is -2.07. The maximum Gasteiger partial charge on any atom is 0.311 e. The summed E-state index contributed by atoms with van der Waals surface area (Å²) in [6.07, 6.45) is -0.00917. The first-order valence-corrected chi connectivity index (χ1v) is 6.38. The van der Waals surface area contributed by atoms with Crippen molar-refractivity contribution in [1.29, 1.82) is 0 Å². The highest BCUT2D eigenvalue weighted by atomic mass is 35.5. The lowest BCUT2D eigenvalue weighted by Crippen LogP contribution is -2.15. The molecule has 1 unspecified atom stereocenters. The second-order valence-electron chi connectivity index (χ2n) is 4.46. The number of benzene rings is 2. The van der Waals surface area contributed by atoms with E-state index in [2.05, 4.69) is 0 Å². The molecular formula is C15H13ClFNO2. The fraction of sp³-hybridized carbons (Fsp3) is 0.133. The Bertz CT molecular complexity index is 608. The van der Waals surface area contributed by atoms with Crippen molar-refractivity contribution in [3.63, 3.8) is 0 Å². The van der Waals surface area contributed by atoms with Gasteiger partial charge in [0.2, 0.25) is 0 Å². The number of anilines is 1. The highest BCUT2D eigenvalue weighted by molar-refractivity contribution is 6.31. The molecule has 0 aliphatic carbocycles. The molecule has 2 rings (SSSR count). The number of hydrogen-bond donors (Lipinski definition) is 2. The summed E-state index contributed by atoms with van der Waals surface area (Å²) in [6, 6.07) is 10.8. The molecule has 0 saturated heterocycles. The van der Waals surface area contributed by atoms with Crippen LogP contribution < -0.4 is 5.73 Å². The van der Waals surface area contributed by atoms with Crippen molar-refractivity contribution in [3.05, 3.63) is 64.4 Å². The third-order valence-electron chi connectivity index (χ3n) is 3.11. The highest BCUT2D eigenvalue weighted by Gasteiger charge is 2.23. The number of rotatable bonds is 4. The molecule has 0 aromatic heterocycles. The number of halogens is 2. The largest absolute Gasteiger partial charge is 0.481 e. The average Bonchev–Trinajstić information content (AvgIpc) is 2.39. The van der Waals surface area contributed by atoms with Crippen molar-refractivity contribution in [2.24, 2.45) is 0 Å². The van der Waals surface area contributed by atoms with Crippen LogP contribution in [0.1, 0.15) is 17.0 Å². The van der Waals surface area contributed by atoms with Crippen molar-refractivity contribution in [3.8, 4) is 0 Å². The Morgan fingerprint density at radius 1 is 1.25 bits per heavy atom. The van der Waals surface area contributed by atoms with Crippen molar-refractivity contribution >= 4 is 23.3 Å². The van der Waals surface area contributed by atoms with Crippen LogP contribution in [0.4, 0.5) is 10.1 Å². The van der Waals surface area contributed by atoms with Gasteiger partial charge in [-0.1, -0.05) is 29.8 Å². The van der Waals surface area contributed by atoms with Crippen molar-refractivity contribution in [2.45, 2.75) is 12.3 Å². The molecule has 0 fully saturated rings. The number of carbonyl (C=O) groups is 1. The number of aliphatic carboxylic acids is 1. The molecule has 0 radical (unpaired) electrons. The minimum absolute atomic E-state index is 0.00917. The summed E-state index contributed by atoms with van der Waals surface area (Å²) in [5.41, 5.74) is 6.89. The minimum atomic E-state index is -1.03. The van der Waals surface area contributed by atoms with Gasteiger partial charge in [0.15, 0.2) is 0 Å². The van der Waals surface area contributed by atoms with E-state index in [9.17, 15) is 14.3 Å². The van der Waals surface area contributed by atoms with Gasteiger partial charge >= 0.3 is 5.97 Å². The Morgan fingerprint density at radius 2 is 1.90 bits per heavy atom. The quantitative estimate of drug-likeness (QED) is 0.848. The molecule has 0 aliphatic heterocycles. The molecule has 3 nitrogen and oxygen atoms in total. The molecule has 0 heterocycles. The lowest BCUT2D eigenvalue weighted by Gasteiger charge is -2.14. The molecule has 0 aliphatic rings. The maximum absolute atomic E-state index is 13.8. The average molecular weight is 294 g/mol. The number of carboxylic acids is 1. The number of nitrogens with two attached hydrogens (primary N) is 1. The van der Waals surface area contributed by atoms with Crippen molar-refractivity contribution in [1.82, 2.24) is 0 Å². The van der Waals surface area contributed by atoms with Crippen LogP contribution in [-0.4, -0.2) is 11.1 Å². The predicted molar refractivity (Wildman–Crippen MR) is 76.3 cm³/mol. The molecule has 104 valence electrons. The molecule has 0 bridgehead atoms. The summed E-state index contributed by atoms with van der Waals surface area (Å²) in [6.45, 7) is 0. The van der Waals surface area contributed by atoms with E-state index >= 15 is 0 Å². The standard InChI is InChI=1S/C15H13ClFNO2/c16-13-2-1-3-14(17)12(13)8-11(15(19)20)9-4-6-10(18)7-5-9/h1-7,11H,8,18H2,(H,19,20). The molecule has 0 saturated carbocycles. The molecule has 0 spiro atoms. The van der Waals surface area contributed by atoms with Crippen LogP contribution in [0.3, 0.4) is 0 Å². The zero-order valence-corrected chi connectivity index (χ0v) is 11.3. The summed E-state index contributed by atoms with van der Waals surface area (Å²) >= 11 is 5.94. The van der Waals surface area contributed by atoms with Crippen LogP contribution in [0.25, 0.3) is 0 Å². The van der Waals surface area contributed by atoms with E-state index in [1.54, 1.807) is 30.3 Å². The smallest absolute Gasteiger partial charge is 0.311 e. The van der Waals surface area contributed by atoms with Gasteiger partial charge in [-0.3, -0.25) is 4.79 Å². The minimum Gasteiger partial charge on any atom is -0.481 e. The summed E-state index contributed by atoms with van der Waals surface area (Å²) in [4.78, 5) is 11.4. The van der Waals surface area contributed by atoms with Crippen molar-refractivity contribution in [2.75, 3.05) is 5.73 Å². The van der Waals surface area contributed by atoms with E-state index in [0.717, 1.165) is 0 Å². The molecule has 2 aromatic carbocycles. The molecule has 1 atom stereocenters. The van der Waals surface area contributed by atoms with Crippen LogP contribution in [-0.2, 0) is 11.2 Å². The lowest BCUT2D eigenvalue weighted by atomic mass is 9.91. The predicted octanol–water partition coefficient (Wildman–Crippen LogP) is 3.47. The molecule has 5 heteroatoms. The van der Waals surface area contributed by atoms with Gasteiger partial charge in [-0.25, -0.2) is 4.39 Å². The van der Waals surface area contributed by atoms with E-state index in [1.165, 1.54) is 12.1 Å². The molecule has 20 heavy (non-hydrogen) atoms. The Balaban J connectivity index is 2.35. The van der Waals surface area contributed by atoms with E-state index in [4.69, 9.17) is 17.3 Å². The van der Waals surface area contributed by atoms with Gasteiger partial charge in [-0.15, -0.1) is 0 Å². The first-order valence-electron chi connectivity index (χ1n) is 6.00. The van der Waals surface area contributed by atoms with Gasteiger partial charge < -0.3 is 10.8 Å². The second kappa shape index (κ2) is 5.92. The molecule has 0 amide bonds. The molecular weight excluding hydrogens is 281 g/mol. The van der Waals surface area contributed by atoms with Gasteiger partial charge in [0.05, 0.1) is 5.92 Å². The van der Waals surface area contributed by atoms with E-state index in [-0.39, 0.29) is 17.0 Å². The fourth-order valence-corrected chi connectivity index (χ4v) is 2.25. The Morgan fingerprint density at radius 3 is 2.45 bits per heavy atom. The lowest BCUT2D eigenvalue weighted by molar-refractivity contribution is -0.138. The van der Waals surface area contributed by atoms with Gasteiger partial charge in [-0.05, 0) is 36.2 Å². The number of nitrogen functional groups attached to an aromatic ring is 1. The Labute approximate surface area is 120 Å². The second-order valence-corrected chi connectivity index (χ2v) is 4.87. The van der Waals surface area contributed by atoms with E-state index in [1.807, 2.05) is 0 Å². The third kappa shape index (κ3) is 3.08. The van der Waals surface area contributed by atoms with Crippen LogP contribution in [0.2, 0.25) is 5.02 Å². The zero-order valence-electron chi connectivity index (χ0n) is 10.5. The summed E-state index contributed by atoms with van der Waals surface area (Å²) in [5, 5.41) is 9.57. The Kier molecular flexibility index (Phi) is 4.25. The summed E-state index contributed by atoms with van der Waals surface area (Å²) in [7, 11) is 0. The first kappa shape index (κ1) is 14.3. The number of carboxylic acid groups (broad SMARTS) is 1. The monoisotopic (exact) mass is 293 g/mol. The van der Waals surface area contributed by atoms with E-state index in [0.29, 0.717) is 11.3 Å². The highest BCUT2D eigenvalue weighted by Crippen LogP contribution is 2.28. The zero-order chi connectivity index (χ0) is 14.7. The summed E-state index contributed by atoms with van der Waals surface area (Å²) in [5.74, 6) is -2.40. The first-order chi connectivity index (χ1) is 9.49. The van der Waals surface area contributed by atoms with Crippen LogP contribution in [0, 0.1) is 5.82 Å². The SMILES string of the molecule is Nc1ccc(C(Cc2c(F)cccc2Cl)C(=O)O)cc1. The topological polar surface area (TPSA) is 63.3 Å². The molecule has 3 N–H and O–H groups in total. The number of hydrogen-bond acceptors (Lipinski definition) is 2. The van der Waals surface area contributed by atoms with Gasteiger partial charge in [0, 0.05) is 16.3 Å². The van der Waals surface area contributed by atoms with Crippen LogP contribution in [0.15, 0.2) is 42.5 Å². The van der Waals surface area contributed by atoms with Crippen molar-refractivity contribution < 1.29 is 14.3 Å². The third-order valence-corrected chi connectivity index (χ3v) is 3.46. The maximum atomic E-state index is 13.8. The van der Waals surface area contributed by atoms with Gasteiger partial charge in [0.25, 0.3) is 0 Å². The van der Waals surface area contributed by atoms with Gasteiger partial charge in [-0.2, -0.15) is 0 Å². The van der Waals surface area contributed by atoms with Crippen LogP contribution in [0.5, 0.6) is 0 Å². The molecule has 2 aromatic rings. The normalized spacial score (nSPS) is 12.1. The van der Waals surface area contributed by atoms with Crippen LogP contribution >= 0.6 is 11.6 Å².